The smallest absolute Gasteiger partial charge is 0.416 e. The highest BCUT2D eigenvalue weighted by molar-refractivity contribution is 8.35. The number of aliphatic hydroxyl groups excluding tert-OH is 1. The Balaban J connectivity index is 1.78. The van der Waals surface area contributed by atoms with E-state index in [2.05, 4.69) is 45.5 Å². The number of rotatable bonds is 5. The lowest BCUT2D eigenvalue weighted by Crippen LogP contribution is -2.04. The second-order valence-electron chi connectivity index (χ2n) is 7.53. The van der Waals surface area contributed by atoms with Crippen molar-refractivity contribution in [2.75, 3.05) is 24.1 Å². The number of anilines is 2. The highest BCUT2D eigenvalue weighted by Gasteiger charge is 2.30. The van der Waals surface area contributed by atoms with Crippen molar-refractivity contribution in [2.24, 2.45) is 0 Å². The molecule has 2 N–H and O–H groups in total. The Morgan fingerprint density at radius 3 is 2.39 bits per heavy atom. The molecule has 2 aromatic carbocycles. The van der Waals surface area contributed by atoms with Gasteiger partial charge in [-0.3, -0.25) is 0 Å². The van der Waals surface area contributed by atoms with Crippen molar-refractivity contribution in [3.63, 3.8) is 0 Å². The van der Waals surface area contributed by atoms with Gasteiger partial charge in [0.25, 0.3) is 0 Å². The molecule has 0 aliphatic rings. The van der Waals surface area contributed by atoms with E-state index in [0.717, 1.165) is 12.1 Å². The summed E-state index contributed by atoms with van der Waals surface area (Å²) in [5.41, 5.74) is 0.875. The van der Waals surface area contributed by atoms with Crippen molar-refractivity contribution in [1.82, 2.24) is 10.2 Å². The number of nitrogens with zero attached hydrogens (tertiary/aromatic N) is 2. The first-order valence-corrected chi connectivity index (χ1v) is 12.1. The Kier molecular flexibility index (Phi) is 6.62. The van der Waals surface area contributed by atoms with Gasteiger partial charge in [-0.25, -0.2) is 0 Å². The molecule has 0 saturated heterocycles. The van der Waals surface area contributed by atoms with Crippen LogP contribution in [0.1, 0.15) is 24.0 Å². The standard InChI is InChI=1S/C22H22F3N3O2S/c1-31(2,3)14-6-9-19(29)21-28-27-20(30-21)17-7-4-5-8-18(17)26-16-12-10-15(11-13-16)22(23,24)25/h4-5,7-8,10-13,19,26,29H,9H2,1-3H3. The molecule has 0 aliphatic heterocycles. The molecular formula is C22H22F3N3O2S. The van der Waals surface area contributed by atoms with Crippen LogP contribution in [0.5, 0.6) is 0 Å². The minimum absolute atomic E-state index is 0.0533. The molecule has 0 spiro atoms. The van der Waals surface area contributed by atoms with Gasteiger partial charge in [0.2, 0.25) is 11.8 Å². The average Bonchev–Trinajstić information content (AvgIpc) is 3.17. The Morgan fingerprint density at radius 2 is 1.74 bits per heavy atom. The molecular weight excluding hydrogens is 427 g/mol. The van der Waals surface area contributed by atoms with E-state index < -0.39 is 27.9 Å². The van der Waals surface area contributed by atoms with Gasteiger partial charge in [-0.2, -0.15) is 23.2 Å². The first-order chi connectivity index (χ1) is 14.5. The molecule has 3 rings (SSSR count). The van der Waals surface area contributed by atoms with E-state index in [1.807, 2.05) is 0 Å². The van der Waals surface area contributed by atoms with Crippen LogP contribution < -0.4 is 5.32 Å². The Hall–Kier alpha value is -2.96. The molecule has 0 saturated carbocycles. The first-order valence-electron chi connectivity index (χ1n) is 9.26. The molecule has 164 valence electrons. The summed E-state index contributed by atoms with van der Waals surface area (Å²) in [4.78, 5) is 0. The largest absolute Gasteiger partial charge is 0.418 e. The van der Waals surface area contributed by atoms with Crippen molar-refractivity contribution < 1.29 is 22.7 Å². The monoisotopic (exact) mass is 449 g/mol. The van der Waals surface area contributed by atoms with Gasteiger partial charge < -0.3 is 14.8 Å². The zero-order valence-electron chi connectivity index (χ0n) is 17.2. The van der Waals surface area contributed by atoms with Gasteiger partial charge in [-0.15, -0.1) is 10.2 Å². The molecule has 0 aliphatic carbocycles. The number of para-hydroxylation sites is 1. The van der Waals surface area contributed by atoms with Crippen LogP contribution in [0.3, 0.4) is 0 Å². The minimum Gasteiger partial charge on any atom is -0.418 e. The number of benzene rings is 2. The molecule has 0 bridgehead atoms. The maximum atomic E-state index is 12.8. The highest BCUT2D eigenvalue weighted by Crippen LogP contribution is 2.34. The maximum absolute atomic E-state index is 12.8. The summed E-state index contributed by atoms with van der Waals surface area (Å²) in [6.07, 6.45) is 0.936. The normalized spacial score (nSPS) is 13.3. The van der Waals surface area contributed by atoms with Crippen molar-refractivity contribution in [1.29, 1.82) is 0 Å². The summed E-state index contributed by atoms with van der Waals surface area (Å²) >= 11 is 0. The van der Waals surface area contributed by atoms with Gasteiger partial charge in [0, 0.05) is 12.1 Å². The second kappa shape index (κ2) is 9.04. The van der Waals surface area contributed by atoms with Crippen LogP contribution in [0.25, 0.3) is 11.5 Å². The molecule has 3 aromatic rings. The predicted molar refractivity (Wildman–Crippen MR) is 117 cm³/mol. The summed E-state index contributed by atoms with van der Waals surface area (Å²) in [5.74, 6) is 3.18. The Labute approximate surface area is 180 Å². The number of hydrogen-bond acceptors (Lipinski definition) is 5. The number of halogens is 3. The van der Waals surface area contributed by atoms with Crippen molar-refractivity contribution in [3.8, 4) is 22.6 Å². The molecule has 1 aromatic heterocycles. The first kappa shape index (κ1) is 22.7. The van der Waals surface area contributed by atoms with Crippen molar-refractivity contribution in [3.05, 3.63) is 60.0 Å². The summed E-state index contributed by atoms with van der Waals surface area (Å²) in [7, 11) is -0.996. The Morgan fingerprint density at radius 1 is 1.06 bits per heavy atom. The van der Waals surface area contributed by atoms with Crippen molar-refractivity contribution in [2.45, 2.75) is 18.7 Å². The summed E-state index contributed by atoms with van der Waals surface area (Å²) in [5, 5.41) is 24.4. The van der Waals surface area contributed by atoms with Crippen LogP contribution in [-0.2, 0) is 6.18 Å². The fraction of sp³-hybridized carbons (Fsp3) is 0.273. The number of hydrogen-bond donors (Lipinski definition) is 2. The summed E-state index contributed by atoms with van der Waals surface area (Å²) in [6.45, 7) is 0. The van der Waals surface area contributed by atoms with E-state index in [4.69, 9.17) is 4.42 Å². The number of alkyl halides is 3. The van der Waals surface area contributed by atoms with Gasteiger partial charge in [-0.05, 0) is 55.2 Å². The van der Waals surface area contributed by atoms with Gasteiger partial charge in [-0.1, -0.05) is 23.3 Å². The average molecular weight is 449 g/mol. The molecule has 1 atom stereocenters. The number of aliphatic hydroxyl groups is 1. The second-order valence-corrected chi connectivity index (χ2v) is 11.4. The third-order valence-corrected chi connectivity index (χ3v) is 4.80. The lowest BCUT2D eigenvalue weighted by atomic mass is 10.1. The van der Waals surface area contributed by atoms with Gasteiger partial charge in [0.05, 0.1) is 16.8 Å². The maximum Gasteiger partial charge on any atom is 0.416 e. The van der Waals surface area contributed by atoms with Crippen LogP contribution in [0.2, 0.25) is 0 Å². The molecule has 1 unspecified atom stereocenters. The minimum atomic E-state index is -4.39. The topological polar surface area (TPSA) is 71.2 Å². The van der Waals surface area contributed by atoms with E-state index in [0.29, 0.717) is 16.9 Å². The fourth-order valence-corrected chi connectivity index (χ4v) is 3.11. The van der Waals surface area contributed by atoms with Crippen LogP contribution >= 0.6 is 10.0 Å². The fourth-order valence-electron chi connectivity index (χ4n) is 2.60. The van der Waals surface area contributed by atoms with Gasteiger partial charge in [0.1, 0.15) is 6.10 Å². The molecule has 5 nitrogen and oxygen atoms in total. The Bertz CT molecular complexity index is 1090. The van der Waals surface area contributed by atoms with E-state index in [9.17, 15) is 18.3 Å². The SMILES string of the molecule is CS(C)(C)C#CCC(O)c1nnc(-c2ccccc2Nc2ccc(C(F)(F)F)cc2)o1. The molecule has 9 heteroatoms. The van der Waals surface area contributed by atoms with Gasteiger partial charge in [0.15, 0.2) is 0 Å². The van der Waals surface area contributed by atoms with Crippen LogP contribution in [-0.4, -0.2) is 34.1 Å². The highest BCUT2D eigenvalue weighted by atomic mass is 32.3. The van der Waals surface area contributed by atoms with E-state index in [1.165, 1.54) is 12.1 Å². The molecule has 0 radical (unpaired) electrons. The summed E-state index contributed by atoms with van der Waals surface area (Å²) in [6, 6.07) is 11.7. The predicted octanol–water partition coefficient (Wildman–Crippen LogP) is 5.58. The molecule has 31 heavy (non-hydrogen) atoms. The number of aromatic nitrogens is 2. The van der Waals surface area contributed by atoms with E-state index in [1.54, 1.807) is 24.3 Å². The molecule has 0 fully saturated rings. The number of nitrogens with one attached hydrogen (secondary N) is 1. The third kappa shape index (κ3) is 6.26. The van der Waals surface area contributed by atoms with Crippen molar-refractivity contribution >= 4 is 21.4 Å². The zero-order valence-corrected chi connectivity index (χ0v) is 18.0. The van der Waals surface area contributed by atoms with E-state index in [-0.39, 0.29) is 18.2 Å². The van der Waals surface area contributed by atoms with Crippen LogP contribution in [0.4, 0.5) is 24.5 Å². The molecule has 0 amide bonds. The third-order valence-electron chi connectivity index (χ3n) is 4.05. The molecule has 1 heterocycles. The lowest BCUT2D eigenvalue weighted by molar-refractivity contribution is -0.137. The van der Waals surface area contributed by atoms with Crippen LogP contribution in [0.15, 0.2) is 52.9 Å². The zero-order chi connectivity index (χ0) is 22.6. The van der Waals surface area contributed by atoms with Gasteiger partial charge >= 0.3 is 6.18 Å². The van der Waals surface area contributed by atoms with Crippen LogP contribution in [0, 0.1) is 11.2 Å². The lowest BCUT2D eigenvalue weighted by Gasteiger charge is -2.15. The summed E-state index contributed by atoms with van der Waals surface area (Å²) < 4.78 is 43.9. The quantitative estimate of drug-likeness (QED) is 0.498. The van der Waals surface area contributed by atoms with E-state index >= 15 is 0 Å².